The summed E-state index contributed by atoms with van der Waals surface area (Å²) in [4.78, 5) is 37.5. The topological polar surface area (TPSA) is 122 Å². The Labute approximate surface area is 199 Å². The van der Waals surface area contributed by atoms with E-state index in [-0.39, 0.29) is 29.5 Å². The molecule has 0 spiro atoms. The lowest BCUT2D eigenvalue weighted by Gasteiger charge is -2.11. The van der Waals surface area contributed by atoms with E-state index in [2.05, 4.69) is 10.4 Å². The molecule has 1 amide bonds. The summed E-state index contributed by atoms with van der Waals surface area (Å²) in [6.07, 6.45) is 1.50. The molecule has 2 aromatic heterocycles. The van der Waals surface area contributed by atoms with E-state index in [0.717, 1.165) is 0 Å². The number of carbonyl (C=O) groups is 3. The molecule has 176 valence electrons. The number of hydrogen-bond donors (Lipinski definition) is 1. The predicted octanol–water partition coefficient (Wildman–Crippen LogP) is 3.86. The van der Waals surface area contributed by atoms with Crippen molar-refractivity contribution in [3.05, 3.63) is 78.2 Å². The maximum atomic E-state index is 12.9. The van der Waals surface area contributed by atoms with Gasteiger partial charge in [-0.2, -0.15) is 5.10 Å². The van der Waals surface area contributed by atoms with Crippen molar-refractivity contribution in [2.75, 3.05) is 18.7 Å². The highest BCUT2D eigenvalue weighted by Crippen LogP contribution is 2.37. The lowest BCUT2D eigenvalue weighted by Crippen LogP contribution is -2.23. The van der Waals surface area contributed by atoms with Gasteiger partial charge in [0.2, 0.25) is 6.79 Å². The lowest BCUT2D eigenvalue weighted by atomic mass is 10.1. The number of carbonyl (C=O) groups excluding carboxylic acids is 3. The van der Waals surface area contributed by atoms with E-state index in [1.807, 2.05) is 18.2 Å². The molecular formula is C25H19N3O7. The number of nitrogens with one attached hydrogen (secondary N) is 1. The zero-order chi connectivity index (χ0) is 24.4. The minimum atomic E-state index is -0.758. The predicted molar refractivity (Wildman–Crippen MR) is 123 cm³/mol. The van der Waals surface area contributed by atoms with Crippen LogP contribution in [0.3, 0.4) is 0 Å². The third-order valence-electron chi connectivity index (χ3n) is 5.19. The molecule has 10 nitrogen and oxygen atoms in total. The van der Waals surface area contributed by atoms with Gasteiger partial charge in [0.25, 0.3) is 5.91 Å². The van der Waals surface area contributed by atoms with Gasteiger partial charge in [-0.3, -0.25) is 9.59 Å². The number of para-hydroxylation sites is 1. The molecule has 0 radical (unpaired) electrons. The molecule has 3 heterocycles. The summed E-state index contributed by atoms with van der Waals surface area (Å²) < 4.78 is 22.7. The number of ketones is 1. The molecule has 0 aliphatic carbocycles. The number of amides is 1. The van der Waals surface area contributed by atoms with Gasteiger partial charge < -0.3 is 23.9 Å². The highest BCUT2D eigenvalue weighted by atomic mass is 16.7. The van der Waals surface area contributed by atoms with Crippen LogP contribution >= 0.6 is 0 Å². The number of nitrogens with zero attached hydrogens (tertiary/aromatic N) is 2. The Bertz CT molecular complexity index is 1410. The number of Topliss-reactive ketones (excluding diaryl/α,β-unsaturated/α-hetero) is 1. The van der Waals surface area contributed by atoms with Crippen LogP contribution in [0.25, 0.3) is 17.1 Å². The smallest absolute Gasteiger partial charge is 0.357 e. The van der Waals surface area contributed by atoms with Crippen molar-refractivity contribution in [2.24, 2.45) is 0 Å². The summed E-state index contributed by atoms with van der Waals surface area (Å²) >= 11 is 0. The number of fused-ring (bicyclic) bond motifs is 1. The van der Waals surface area contributed by atoms with Crippen molar-refractivity contribution in [1.29, 1.82) is 0 Å². The van der Waals surface area contributed by atoms with E-state index in [4.69, 9.17) is 18.6 Å². The molecule has 1 aliphatic rings. The molecule has 0 unspecified atom stereocenters. The van der Waals surface area contributed by atoms with Gasteiger partial charge in [-0.25, -0.2) is 9.48 Å². The summed E-state index contributed by atoms with van der Waals surface area (Å²) in [5.74, 6) is -0.358. The van der Waals surface area contributed by atoms with Crippen molar-refractivity contribution >= 4 is 23.3 Å². The van der Waals surface area contributed by atoms with Crippen molar-refractivity contribution in [3.63, 3.8) is 0 Å². The second kappa shape index (κ2) is 9.18. The maximum absolute atomic E-state index is 12.9. The Balaban J connectivity index is 1.34. The van der Waals surface area contributed by atoms with Crippen LogP contribution in [0.5, 0.6) is 11.5 Å². The van der Waals surface area contributed by atoms with E-state index in [1.165, 1.54) is 36.1 Å². The average molecular weight is 473 g/mol. The minimum absolute atomic E-state index is 0.0246. The first kappa shape index (κ1) is 22.0. The first-order valence-corrected chi connectivity index (χ1v) is 10.6. The van der Waals surface area contributed by atoms with Crippen LogP contribution in [0.15, 0.2) is 71.3 Å². The SMILES string of the molecule is CC(=O)c1cc2c(cc1NC(=O)COC(=O)c1cc(-c3ccco3)nn1-c1ccccc1)OCO2. The van der Waals surface area contributed by atoms with E-state index in [9.17, 15) is 14.4 Å². The van der Waals surface area contributed by atoms with Gasteiger partial charge in [0.05, 0.1) is 17.6 Å². The number of esters is 1. The molecule has 0 bridgehead atoms. The molecule has 35 heavy (non-hydrogen) atoms. The molecule has 2 aromatic carbocycles. The Morgan fingerprint density at radius 2 is 1.80 bits per heavy atom. The number of benzene rings is 2. The first-order valence-electron chi connectivity index (χ1n) is 10.6. The summed E-state index contributed by atoms with van der Waals surface area (Å²) in [6, 6.07) is 17.0. The number of aromatic nitrogens is 2. The van der Waals surface area contributed by atoms with Crippen molar-refractivity contribution in [2.45, 2.75) is 6.92 Å². The van der Waals surface area contributed by atoms with E-state index >= 15 is 0 Å². The first-order chi connectivity index (χ1) is 17.0. The Kier molecular flexibility index (Phi) is 5.76. The van der Waals surface area contributed by atoms with E-state index in [1.54, 1.807) is 24.3 Å². The molecule has 0 atom stereocenters. The van der Waals surface area contributed by atoms with Crippen LogP contribution in [-0.4, -0.2) is 40.8 Å². The fraction of sp³-hybridized carbons (Fsp3) is 0.120. The standard InChI is InChI=1S/C25H19N3O7/c1-15(29)17-10-22-23(35-14-34-22)12-18(17)26-24(30)13-33-25(31)20-11-19(21-8-5-9-32-21)27-28(20)16-6-3-2-4-7-16/h2-12H,13-14H2,1H3,(H,26,30). The fourth-order valence-electron chi connectivity index (χ4n) is 3.57. The van der Waals surface area contributed by atoms with Crippen molar-refractivity contribution in [3.8, 4) is 28.6 Å². The molecule has 0 fully saturated rings. The molecule has 5 rings (SSSR count). The number of hydrogen-bond acceptors (Lipinski definition) is 8. The third kappa shape index (κ3) is 4.49. The molecule has 1 N–H and O–H groups in total. The van der Waals surface area contributed by atoms with Crippen LogP contribution in [0.2, 0.25) is 0 Å². The second-order valence-corrected chi connectivity index (χ2v) is 7.57. The van der Waals surface area contributed by atoms with Gasteiger partial charge in [0, 0.05) is 17.7 Å². The average Bonchev–Trinajstić information content (AvgIpc) is 3.62. The summed E-state index contributed by atoms with van der Waals surface area (Å²) in [5, 5.41) is 7.05. The summed E-state index contributed by atoms with van der Waals surface area (Å²) in [6.45, 7) is 0.812. The Morgan fingerprint density at radius 3 is 2.51 bits per heavy atom. The van der Waals surface area contributed by atoms with Crippen molar-refractivity contribution < 1.29 is 33.0 Å². The number of anilines is 1. The Morgan fingerprint density at radius 1 is 1.03 bits per heavy atom. The van der Waals surface area contributed by atoms with Gasteiger partial charge in [-0.1, -0.05) is 18.2 Å². The van der Waals surface area contributed by atoms with Crippen LogP contribution in [0.4, 0.5) is 5.69 Å². The molecule has 1 aliphatic heterocycles. The van der Waals surface area contributed by atoms with Crippen molar-refractivity contribution in [1.82, 2.24) is 9.78 Å². The maximum Gasteiger partial charge on any atom is 0.357 e. The molecular weight excluding hydrogens is 454 g/mol. The number of rotatable bonds is 7. The van der Waals surface area contributed by atoms with Crippen LogP contribution in [0, 0.1) is 0 Å². The monoisotopic (exact) mass is 473 g/mol. The second-order valence-electron chi connectivity index (χ2n) is 7.57. The minimum Gasteiger partial charge on any atom is -0.463 e. The lowest BCUT2D eigenvalue weighted by molar-refractivity contribution is -0.119. The number of ether oxygens (including phenoxy) is 3. The van der Waals surface area contributed by atoms with Gasteiger partial charge in [-0.15, -0.1) is 0 Å². The fourth-order valence-corrected chi connectivity index (χ4v) is 3.57. The Hall–Kier alpha value is -4.86. The summed E-state index contributed by atoms with van der Waals surface area (Å²) in [7, 11) is 0. The normalized spacial score (nSPS) is 11.8. The number of furan rings is 1. The molecule has 0 saturated carbocycles. The molecule has 10 heteroatoms. The van der Waals surface area contributed by atoms with Crippen LogP contribution in [-0.2, 0) is 9.53 Å². The zero-order valence-electron chi connectivity index (χ0n) is 18.5. The quantitative estimate of drug-likeness (QED) is 0.317. The highest BCUT2D eigenvalue weighted by molar-refractivity contribution is 6.05. The van der Waals surface area contributed by atoms with Gasteiger partial charge in [0.1, 0.15) is 5.69 Å². The third-order valence-corrected chi connectivity index (χ3v) is 5.19. The molecule has 4 aromatic rings. The van der Waals surface area contributed by atoms with Gasteiger partial charge in [0.15, 0.2) is 35.3 Å². The largest absolute Gasteiger partial charge is 0.463 e. The van der Waals surface area contributed by atoms with E-state index < -0.39 is 18.5 Å². The zero-order valence-corrected chi connectivity index (χ0v) is 18.5. The van der Waals surface area contributed by atoms with Gasteiger partial charge in [-0.05, 0) is 37.3 Å². The summed E-state index contributed by atoms with van der Waals surface area (Å²) in [5.41, 5.74) is 1.66. The molecule has 0 saturated heterocycles. The van der Waals surface area contributed by atoms with E-state index in [0.29, 0.717) is 28.6 Å². The highest BCUT2D eigenvalue weighted by Gasteiger charge is 2.23. The van der Waals surface area contributed by atoms with Crippen LogP contribution in [0.1, 0.15) is 27.8 Å². The van der Waals surface area contributed by atoms with Crippen LogP contribution < -0.4 is 14.8 Å². The van der Waals surface area contributed by atoms with Gasteiger partial charge >= 0.3 is 5.97 Å².